The predicted molar refractivity (Wildman–Crippen MR) is 161 cm³/mol. The van der Waals surface area contributed by atoms with Crippen molar-refractivity contribution in [1.82, 2.24) is 19.9 Å². The van der Waals surface area contributed by atoms with Crippen LogP contribution in [0.3, 0.4) is 0 Å². The third-order valence-electron chi connectivity index (χ3n) is 9.21. The van der Waals surface area contributed by atoms with Crippen LogP contribution in [0.1, 0.15) is 102 Å². The van der Waals surface area contributed by atoms with E-state index in [0.29, 0.717) is 12.8 Å². The Kier molecular flexibility index (Phi) is 7.95. The van der Waals surface area contributed by atoms with Crippen molar-refractivity contribution >= 4 is 45.3 Å². The molecule has 1 aliphatic carbocycles. The first kappa shape index (κ1) is 29.2. The molecule has 2 aliphatic heterocycles. The van der Waals surface area contributed by atoms with Gasteiger partial charge >= 0.3 is 25.4 Å². The fraction of sp³-hybridized carbons (Fsp3) is 0.382. The van der Waals surface area contributed by atoms with Gasteiger partial charge in [0.15, 0.2) is 0 Å². The summed E-state index contributed by atoms with van der Waals surface area (Å²) in [5, 5.41) is 0. The Morgan fingerprint density at radius 3 is 2.44 bits per heavy atom. The number of methoxy groups -OCH3 is 1. The molecule has 0 amide bonds. The summed E-state index contributed by atoms with van der Waals surface area (Å²) in [7, 11) is 1.45. The number of fused-ring (bicyclic) bond motifs is 8. The van der Waals surface area contributed by atoms with Crippen molar-refractivity contribution in [1.29, 1.82) is 0 Å². The van der Waals surface area contributed by atoms with Crippen molar-refractivity contribution in [2.45, 2.75) is 78.6 Å². The van der Waals surface area contributed by atoms with E-state index in [1.54, 1.807) is 0 Å². The van der Waals surface area contributed by atoms with E-state index in [0.717, 1.165) is 75.2 Å². The summed E-state index contributed by atoms with van der Waals surface area (Å²) in [5.41, 5.74) is 16.1. The molecule has 0 radical (unpaired) electrons. The van der Waals surface area contributed by atoms with Crippen molar-refractivity contribution in [3.8, 4) is 0 Å². The second kappa shape index (κ2) is 11.2. The van der Waals surface area contributed by atoms with Gasteiger partial charge in [-0.25, -0.2) is 4.98 Å². The van der Waals surface area contributed by atoms with Gasteiger partial charge in [0.05, 0.1) is 18.5 Å². The molecule has 0 saturated heterocycles. The van der Waals surface area contributed by atoms with E-state index in [9.17, 15) is 4.79 Å². The maximum absolute atomic E-state index is 12.1. The number of ether oxygens (including phenoxy) is 1. The largest absolute Gasteiger partial charge is 2.00 e. The van der Waals surface area contributed by atoms with Crippen LogP contribution in [0.4, 0.5) is 0 Å². The van der Waals surface area contributed by atoms with Gasteiger partial charge in [0.1, 0.15) is 0 Å². The summed E-state index contributed by atoms with van der Waals surface area (Å²) in [5.74, 6) is 0.0594. The molecule has 0 fully saturated rings. The average molecular weight is 598 g/mol. The quantitative estimate of drug-likeness (QED) is 0.230. The summed E-state index contributed by atoms with van der Waals surface area (Å²) in [4.78, 5) is 32.8. The van der Waals surface area contributed by atoms with Gasteiger partial charge in [0.2, 0.25) is 0 Å². The fourth-order valence-electron chi connectivity index (χ4n) is 6.75. The zero-order valence-electron chi connectivity index (χ0n) is 25.0. The Labute approximate surface area is 254 Å². The summed E-state index contributed by atoms with van der Waals surface area (Å²) >= 11 is 0. The summed E-state index contributed by atoms with van der Waals surface area (Å²) in [6.07, 6.45) is 5.70. The van der Waals surface area contributed by atoms with Gasteiger partial charge in [-0.05, 0) is 68.7 Å². The smallest absolute Gasteiger partial charge is 0.657 e. The maximum atomic E-state index is 12.1. The zero-order chi connectivity index (χ0) is 28.3. The van der Waals surface area contributed by atoms with Gasteiger partial charge in [0, 0.05) is 29.6 Å². The van der Waals surface area contributed by atoms with Crippen LogP contribution in [0, 0.1) is 13.8 Å². The molecule has 206 valence electrons. The number of carbonyl (C=O) groups is 1. The molecule has 8 bridgehead atoms. The third kappa shape index (κ3) is 4.72. The molecule has 3 aliphatic rings. The first-order chi connectivity index (χ1) is 19.2. The number of hydrogen-bond acceptors (Lipinski definition) is 4. The summed E-state index contributed by atoms with van der Waals surface area (Å²) in [6.45, 7) is 14.9. The van der Waals surface area contributed by atoms with Crippen molar-refractivity contribution in [2.24, 2.45) is 0 Å². The molecule has 3 aromatic rings. The van der Waals surface area contributed by atoms with Crippen LogP contribution in [0.2, 0.25) is 0 Å². The van der Waals surface area contributed by atoms with Crippen LogP contribution in [-0.2, 0) is 41.9 Å². The number of esters is 1. The second-order valence-electron chi connectivity index (χ2n) is 11.3. The number of aromatic nitrogens is 4. The monoisotopic (exact) mass is 596 g/mol. The maximum Gasteiger partial charge on any atom is 2.00 e. The van der Waals surface area contributed by atoms with Gasteiger partial charge in [-0.3, -0.25) is 9.78 Å². The number of allylic oxidation sites excluding steroid dienone is 2. The molecular formula is C34H36N4O2Zn. The molecule has 0 spiro atoms. The van der Waals surface area contributed by atoms with E-state index >= 15 is 0 Å². The van der Waals surface area contributed by atoms with Crippen LogP contribution >= 0.6 is 0 Å². The van der Waals surface area contributed by atoms with Crippen LogP contribution < -0.4 is 9.97 Å². The van der Waals surface area contributed by atoms with E-state index in [2.05, 4.69) is 59.4 Å². The minimum atomic E-state index is -0.189. The molecule has 0 aromatic carbocycles. The summed E-state index contributed by atoms with van der Waals surface area (Å²) < 4.78 is 4.99. The zero-order valence-corrected chi connectivity index (χ0v) is 28.0. The molecule has 2 atom stereocenters. The van der Waals surface area contributed by atoms with E-state index in [1.165, 1.54) is 34.9 Å². The Bertz CT molecular complexity index is 1770. The molecule has 41 heavy (non-hydrogen) atoms. The van der Waals surface area contributed by atoms with Crippen LogP contribution in [0.5, 0.6) is 0 Å². The van der Waals surface area contributed by atoms with Crippen molar-refractivity contribution < 1.29 is 29.0 Å². The van der Waals surface area contributed by atoms with E-state index in [4.69, 9.17) is 24.7 Å². The third-order valence-corrected chi connectivity index (χ3v) is 9.21. The molecule has 7 heteroatoms. The molecule has 5 heterocycles. The van der Waals surface area contributed by atoms with Gasteiger partial charge in [-0.1, -0.05) is 61.4 Å². The standard InChI is InChI=1S/C34H36N4O2.Zn/c1-8-21-17(3)26-14-28-20(6)24(12-13-32(39)40-7)34(37-28)25-11-10-23-19(5)29(38-33(23)25)16-31-22(9-2)18(4)27(36-31)15-30(21)35-26;/h8,14-16,20,24H,1,9-13H2,2-7H3;/q-2;+2/t20-,24-;/m0./s1. The topological polar surface area (TPSA) is 80.3 Å². The number of hydrogen-bond donors (Lipinski definition) is 0. The predicted octanol–water partition coefficient (Wildman–Crippen LogP) is 7.11. The molecule has 0 unspecified atom stereocenters. The fourth-order valence-corrected chi connectivity index (χ4v) is 6.75. The van der Waals surface area contributed by atoms with E-state index in [-0.39, 0.29) is 37.3 Å². The van der Waals surface area contributed by atoms with Crippen molar-refractivity contribution in [3.63, 3.8) is 0 Å². The van der Waals surface area contributed by atoms with Crippen LogP contribution in [0.25, 0.3) is 39.3 Å². The molecule has 0 saturated carbocycles. The minimum Gasteiger partial charge on any atom is -0.657 e. The number of nitrogens with zero attached hydrogens (tertiary/aromatic N) is 4. The molecule has 6 rings (SSSR count). The van der Waals surface area contributed by atoms with E-state index in [1.807, 2.05) is 6.08 Å². The Balaban J connectivity index is 0.00000337. The number of aryl methyl sites for hydroxylation is 4. The molecule has 0 N–H and O–H groups in total. The Morgan fingerprint density at radius 1 is 1.02 bits per heavy atom. The number of rotatable bonds is 5. The SMILES string of the molecule is C=Cc1c(C)c2cc3nc(c4c5[n-]c(cc6nc(cc1[n-]2)C(C)=C6CC)c(C)c5CC4)[C@@H](CCC(=O)OC)[C@@H]3C.[Zn+2]. The molecule has 3 aromatic heterocycles. The minimum absolute atomic E-state index is 0. The van der Waals surface area contributed by atoms with Crippen molar-refractivity contribution in [3.05, 3.63) is 75.4 Å². The van der Waals surface area contributed by atoms with Gasteiger partial charge < -0.3 is 14.7 Å². The Morgan fingerprint density at radius 2 is 1.73 bits per heavy atom. The average Bonchev–Trinajstić information content (AvgIpc) is 3.70. The van der Waals surface area contributed by atoms with Crippen molar-refractivity contribution in [2.75, 3.05) is 7.11 Å². The normalized spacial score (nSPS) is 17.5. The summed E-state index contributed by atoms with van der Waals surface area (Å²) in [6, 6.07) is 6.37. The molecular weight excluding hydrogens is 562 g/mol. The molecule has 6 nitrogen and oxygen atoms in total. The van der Waals surface area contributed by atoms with E-state index < -0.39 is 0 Å². The van der Waals surface area contributed by atoms with Gasteiger partial charge in [-0.2, -0.15) is 0 Å². The first-order valence-corrected chi connectivity index (χ1v) is 14.3. The van der Waals surface area contributed by atoms with Crippen LogP contribution in [-0.4, -0.2) is 23.0 Å². The van der Waals surface area contributed by atoms with Gasteiger partial charge in [0.25, 0.3) is 0 Å². The van der Waals surface area contributed by atoms with Crippen LogP contribution in [0.15, 0.2) is 24.8 Å². The number of carbonyl (C=O) groups excluding carboxylic acids is 1. The Hall–Kier alpha value is -3.31. The first-order valence-electron chi connectivity index (χ1n) is 14.3. The second-order valence-corrected chi connectivity index (χ2v) is 11.3. The van der Waals surface area contributed by atoms with Gasteiger partial charge in [-0.15, -0.1) is 22.1 Å².